The van der Waals surface area contributed by atoms with Gasteiger partial charge in [0.1, 0.15) is 0 Å². The fraction of sp³-hybridized carbons (Fsp3) is 1.00. The smallest absolute Gasteiger partial charge is 0.0993 e. The Labute approximate surface area is 102 Å². The predicted octanol–water partition coefficient (Wildman–Crippen LogP) is -0.628. The molecule has 0 amide bonds. The Morgan fingerprint density at radius 3 is 2.35 bits per heavy atom. The average molecular weight is 247 g/mol. The zero-order valence-electron chi connectivity index (χ0n) is 10.4. The van der Waals surface area contributed by atoms with E-state index in [0.29, 0.717) is 6.42 Å². The topological polar surface area (TPSA) is 93.0 Å². The van der Waals surface area contributed by atoms with Crippen LogP contribution in [0, 0.1) is 0 Å². The van der Waals surface area contributed by atoms with Crippen molar-refractivity contribution in [3.05, 3.63) is 0 Å². The Morgan fingerprint density at radius 1 is 1.12 bits per heavy atom. The zero-order chi connectivity index (χ0) is 12.8. The van der Waals surface area contributed by atoms with E-state index in [-0.39, 0.29) is 6.61 Å². The largest absolute Gasteiger partial charge is 0.395 e. The van der Waals surface area contributed by atoms with Gasteiger partial charge in [-0.3, -0.25) is 0 Å². The maximum absolute atomic E-state index is 9.93. The van der Waals surface area contributed by atoms with Crippen LogP contribution in [0.1, 0.15) is 39.0 Å². The number of nitrogens with one attached hydrogen (secondary N) is 1. The van der Waals surface area contributed by atoms with E-state index in [1.54, 1.807) is 0 Å². The van der Waals surface area contributed by atoms with Crippen LogP contribution in [-0.4, -0.2) is 57.4 Å². The van der Waals surface area contributed by atoms with Crippen LogP contribution in [0.3, 0.4) is 0 Å². The van der Waals surface area contributed by atoms with Crippen LogP contribution < -0.4 is 5.32 Å². The molecule has 0 unspecified atom stereocenters. The third-order valence-corrected chi connectivity index (χ3v) is 3.50. The molecular formula is C12H25NO4. The highest BCUT2D eigenvalue weighted by molar-refractivity contribution is 5.00. The number of unbranched alkanes of at least 4 members (excludes halogenated alkanes) is 3. The van der Waals surface area contributed by atoms with Gasteiger partial charge >= 0.3 is 0 Å². The molecule has 0 bridgehead atoms. The third-order valence-electron chi connectivity index (χ3n) is 3.50. The molecule has 0 saturated carbocycles. The summed E-state index contributed by atoms with van der Waals surface area (Å²) in [5, 5.41) is 41.2. The number of rotatable bonds is 7. The average Bonchev–Trinajstić information content (AvgIpc) is 2.61. The molecule has 1 aliphatic heterocycles. The molecular weight excluding hydrogens is 222 g/mol. The second-order valence-electron chi connectivity index (χ2n) is 4.88. The molecule has 1 aliphatic rings. The number of hydrogen-bond donors (Lipinski definition) is 5. The minimum Gasteiger partial charge on any atom is -0.395 e. The van der Waals surface area contributed by atoms with Gasteiger partial charge in [-0.05, 0) is 6.42 Å². The van der Waals surface area contributed by atoms with Gasteiger partial charge in [0.25, 0.3) is 0 Å². The van der Waals surface area contributed by atoms with Crippen molar-refractivity contribution < 1.29 is 20.4 Å². The predicted molar refractivity (Wildman–Crippen MR) is 64.6 cm³/mol. The highest BCUT2D eigenvalue weighted by Crippen LogP contribution is 2.20. The number of aliphatic hydroxyl groups is 4. The molecule has 0 aliphatic carbocycles. The van der Waals surface area contributed by atoms with E-state index < -0.39 is 30.4 Å². The van der Waals surface area contributed by atoms with Crippen LogP contribution in [0.25, 0.3) is 0 Å². The van der Waals surface area contributed by atoms with Gasteiger partial charge in [-0.1, -0.05) is 32.6 Å². The van der Waals surface area contributed by atoms with Crippen LogP contribution in [0.5, 0.6) is 0 Å². The van der Waals surface area contributed by atoms with Crippen molar-refractivity contribution in [1.29, 1.82) is 0 Å². The molecule has 1 fully saturated rings. The van der Waals surface area contributed by atoms with Crippen molar-refractivity contribution in [2.75, 3.05) is 6.61 Å². The van der Waals surface area contributed by atoms with E-state index in [1.807, 2.05) is 0 Å². The molecule has 1 rings (SSSR count). The highest BCUT2D eigenvalue weighted by atomic mass is 16.3. The molecule has 0 aromatic rings. The molecule has 0 aromatic carbocycles. The Morgan fingerprint density at radius 2 is 1.82 bits per heavy atom. The van der Waals surface area contributed by atoms with Crippen LogP contribution in [-0.2, 0) is 0 Å². The SMILES string of the molecule is CCCCCC[C@@H](O)[C@H]1N[C@H](CO)[C@@H](O)[C@@H]1O. The fourth-order valence-electron chi connectivity index (χ4n) is 2.35. The van der Waals surface area contributed by atoms with Gasteiger partial charge in [-0.15, -0.1) is 0 Å². The summed E-state index contributed by atoms with van der Waals surface area (Å²) in [6.07, 6.45) is 2.21. The lowest BCUT2D eigenvalue weighted by Gasteiger charge is -2.22. The summed E-state index contributed by atoms with van der Waals surface area (Å²) in [6, 6.07) is -1.08. The van der Waals surface area contributed by atoms with Crippen LogP contribution >= 0.6 is 0 Å². The standard InChI is InChI=1S/C12H25NO4/c1-2-3-4-5-6-9(15)10-12(17)11(16)8(7-14)13-10/h8-17H,2-7H2,1H3/t8-,9-,10-,11-,12-/m1/s1. The first-order valence-corrected chi connectivity index (χ1v) is 6.53. The minimum absolute atomic E-state index is 0.239. The quantitative estimate of drug-likeness (QED) is 0.386. The van der Waals surface area contributed by atoms with Gasteiger partial charge in [0.05, 0.1) is 37.0 Å². The molecule has 5 heteroatoms. The monoisotopic (exact) mass is 247 g/mol. The molecule has 1 saturated heterocycles. The second-order valence-corrected chi connectivity index (χ2v) is 4.88. The lowest BCUT2D eigenvalue weighted by Crippen LogP contribution is -2.44. The molecule has 0 spiro atoms. The normalized spacial score (nSPS) is 35.1. The summed E-state index contributed by atoms with van der Waals surface area (Å²) < 4.78 is 0. The van der Waals surface area contributed by atoms with Gasteiger partial charge in [0, 0.05) is 0 Å². The molecule has 5 nitrogen and oxygen atoms in total. The van der Waals surface area contributed by atoms with Crippen molar-refractivity contribution >= 4 is 0 Å². The summed E-state index contributed by atoms with van der Waals surface area (Å²) >= 11 is 0. The van der Waals surface area contributed by atoms with E-state index >= 15 is 0 Å². The summed E-state index contributed by atoms with van der Waals surface area (Å²) in [4.78, 5) is 0. The molecule has 17 heavy (non-hydrogen) atoms. The van der Waals surface area contributed by atoms with Crippen LogP contribution in [0.4, 0.5) is 0 Å². The first kappa shape index (κ1) is 14.9. The summed E-state index contributed by atoms with van der Waals surface area (Å²) in [7, 11) is 0. The number of aliphatic hydroxyl groups excluding tert-OH is 4. The van der Waals surface area contributed by atoms with Gasteiger partial charge in [-0.2, -0.15) is 0 Å². The fourth-order valence-corrected chi connectivity index (χ4v) is 2.35. The Hall–Kier alpha value is -0.200. The van der Waals surface area contributed by atoms with E-state index in [1.165, 1.54) is 0 Å². The Balaban J connectivity index is 2.34. The van der Waals surface area contributed by atoms with Crippen LogP contribution in [0.15, 0.2) is 0 Å². The van der Waals surface area contributed by atoms with E-state index in [9.17, 15) is 15.3 Å². The Bertz CT molecular complexity index is 215. The lowest BCUT2D eigenvalue weighted by molar-refractivity contribution is -0.00442. The molecule has 5 N–H and O–H groups in total. The van der Waals surface area contributed by atoms with Crippen molar-refractivity contribution in [2.24, 2.45) is 0 Å². The van der Waals surface area contributed by atoms with Crippen molar-refractivity contribution in [3.8, 4) is 0 Å². The maximum atomic E-state index is 9.93. The van der Waals surface area contributed by atoms with Crippen molar-refractivity contribution in [1.82, 2.24) is 5.32 Å². The number of hydrogen-bond acceptors (Lipinski definition) is 5. The molecule has 0 radical (unpaired) electrons. The first-order valence-electron chi connectivity index (χ1n) is 6.53. The first-order chi connectivity index (χ1) is 8.11. The molecule has 5 atom stereocenters. The Kier molecular flexibility index (Phi) is 6.37. The third kappa shape index (κ3) is 3.89. The molecule has 1 heterocycles. The second kappa shape index (κ2) is 7.28. The summed E-state index contributed by atoms with van der Waals surface area (Å²) in [5.41, 5.74) is 0. The lowest BCUT2D eigenvalue weighted by atomic mass is 9.99. The van der Waals surface area contributed by atoms with Gasteiger partial charge in [-0.25, -0.2) is 0 Å². The van der Waals surface area contributed by atoms with E-state index in [4.69, 9.17) is 5.11 Å². The summed E-state index contributed by atoms with van der Waals surface area (Å²) in [5.74, 6) is 0. The van der Waals surface area contributed by atoms with E-state index in [0.717, 1.165) is 25.7 Å². The minimum atomic E-state index is -1.01. The van der Waals surface area contributed by atoms with Crippen molar-refractivity contribution in [3.63, 3.8) is 0 Å². The molecule has 0 aromatic heterocycles. The van der Waals surface area contributed by atoms with E-state index in [2.05, 4.69) is 12.2 Å². The highest BCUT2D eigenvalue weighted by Gasteiger charge is 2.43. The van der Waals surface area contributed by atoms with Crippen molar-refractivity contribution in [2.45, 2.75) is 69.4 Å². The van der Waals surface area contributed by atoms with Gasteiger partial charge < -0.3 is 25.7 Å². The molecule has 102 valence electrons. The van der Waals surface area contributed by atoms with Gasteiger partial charge in [0.2, 0.25) is 0 Å². The maximum Gasteiger partial charge on any atom is 0.0993 e. The zero-order valence-corrected chi connectivity index (χ0v) is 10.4. The van der Waals surface area contributed by atoms with Gasteiger partial charge in [0.15, 0.2) is 0 Å². The van der Waals surface area contributed by atoms with Crippen LogP contribution in [0.2, 0.25) is 0 Å². The summed E-state index contributed by atoms with van der Waals surface area (Å²) in [6.45, 7) is 1.89.